The molecule has 7 heteroatoms. The number of sulfonamides is 1. The first-order valence-electron chi connectivity index (χ1n) is 7.69. The average Bonchev–Trinajstić information content (AvgIpc) is 2.63. The van der Waals surface area contributed by atoms with Gasteiger partial charge in [-0.25, -0.2) is 12.8 Å². The molecule has 3 aromatic rings. The molecule has 1 amide bonds. The topological polar surface area (TPSA) is 75.3 Å². The van der Waals surface area contributed by atoms with Gasteiger partial charge in [-0.3, -0.25) is 9.52 Å². The Bertz CT molecular complexity index is 1020. The van der Waals surface area contributed by atoms with E-state index in [-0.39, 0.29) is 5.56 Å². The van der Waals surface area contributed by atoms with Crippen LogP contribution in [0.3, 0.4) is 0 Å². The van der Waals surface area contributed by atoms with Gasteiger partial charge in [0, 0.05) is 16.9 Å². The van der Waals surface area contributed by atoms with Crippen molar-refractivity contribution in [3.05, 3.63) is 90.2 Å². The number of para-hydroxylation sites is 2. The van der Waals surface area contributed by atoms with E-state index in [2.05, 4.69) is 10.0 Å². The molecule has 0 heterocycles. The minimum absolute atomic E-state index is 0.0312. The predicted molar refractivity (Wildman–Crippen MR) is 98.0 cm³/mol. The van der Waals surface area contributed by atoms with Crippen molar-refractivity contribution < 1.29 is 17.6 Å². The van der Waals surface area contributed by atoms with E-state index in [0.717, 1.165) is 12.1 Å². The van der Waals surface area contributed by atoms with Gasteiger partial charge in [0.05, 0.1) is 0 Å². The number of halogens is 1. The number of benzene rings is 3. The van der Waals surface area contributed by atoms with E-state index in [1.165, 1.54) is 6.07 Å². The van der Waals surface area contributed by atoms with E-state index in [0.29, 0.717) is 11.4 Å². The van der Waals surface area contributed by atoms with E-state index < -0.39 is 26.6 Å². The lowest BCUT2D eigenvalue weighted by atomic mass is 10.2. The number of amides is 1. The molecule has 0 saturated heterocycles. The summed E-state index contributed by atoms with van der Waals surface area (Å²) in [6.45, 7) is 0. The molecule has 132 valence electrons. The molecular formula is C19H15FN2O3S. The Hall–Kier alpha value is -3.19. The lowest BCUT2D eigenvalue weighted by Gasteiger charge is -2.11. The molecule has 0 fully saturated rings. The Morgan fingerprint density at radius 3 is 2.00 bits per heavy atom. The molecule has 0 aliphatic carbocycles. The molecule has 5 nitrogen and oxygen atoms in total. The zero-order valence-electron chi connectivity index (χ0n) is 13.5. The van der Waals surface area contributed by atoms with Gasteiger partial charge in [0.2, 0.25) is 0 Å². The molecule has 0 atom stereocenters. The fourth-order valence-electron chi connectivity index (χ4n) is 2.29. The molecule has 2 N–H and O–H groups in total. The number of hydrogen-bond donors (Lipinski definition) is 2. The van der Waals surface area contributed by atoms with Crippen molar-refractivity contribution in [1.82, 2.24) is 0 Å². The fourth-order valence-corrected chi connectivity index (χ4v) is 3.45. The third-order valence-corrected chi connectivity index (χ3v) is 4.94. The average molecular weight is 370 g/mol. The molecule has 0 aliphatic rings. The predicted octanol–water partition coefficient (Wildman–Crippen LogP) is 3.88. The van der Waals surface area contributed by atoms with Gasteiger partial charge in [-0.05, 0) is 42.5 Å². The summed E-state index contributed by atoms with van der Waals surface area (Å²) in [7, 11) is -4.18. The van der Waals surface area contributed by atoms with Gasteiger partial charge in [0.15, 0.2) is 0 Å². The molecule has 0 radical (unpaired) electrons. The van der Waals surface area contributed by atoms with Crippen LogP contribution in [0.4, 0.5) is 15.8 Å². The minimum Gasteiger partial charge on any atom is -0.322 e. The molecular weight excluding hydrogens is 355 g/mol. The van der Waals surface area contributed by atoms with Gasteiger partial charge >= 0.3 is 0 Å². The van der Waals surface area contributed by atoms with Crippen molar-refractivity contribution in [3.8, 4) is 0 Å². The van der Waals surface area contributed by atoms with Crippen LogP contribution < -0.4 is 10.0 Å². The van der Waals surface area contributed by atoms with Crippen LogP contribution >= 0.6 is 0 Å². The Labute approximate surface area is 150 Å². The second kappa shape index (κ2) is 7.37. The summed E-state index contributed by atoms with van der Waals surface area (Å²) in [5, 5.41) is 2.63. The number of rotatable bonds is 5. The number of nitrogens with one attached hydrogen (secondary N) is 2. The van der Waals surface area contributed by atoms with Crippen molar-refractivity contribution in [2.45, 2.75) is 4.90 Å². The van der Waals surface area contributed by atoms with Crippen LogP contribution in [0.2, 0.25) is 0 Å². The third kappa shape index (κ3) is 4.07. The van der Waals surface area contributed by atoms with Crippen molar-refractivity contribution >= 4 is 27.3 Å². The molecule has 0 unspecified atom stereocenters. The Balaban J connectivity index is 1.88. The summed E-state index contributed by atoms with van der Waals surface area (Å²) in [5.74, 6) is -1.47. The van der Waals surface area contributed by atoms with E-state index >= 15 is 0 Å². The number of hydrogen-bond acceptors (Lipinski definition) is 3. The highest BCUT2D eigenvalue weighted by atomic mass is 32.2. The standard InChI is InChI=1S/C19H15FN2O3S/c20-17-12-11-14(19(23)21-15-7-3-1-4-8-15)13-18(17)26(24,25)22-16-9-5-2-6-10-16/h1-13,22H,(H,21,23). The summed E-state index contributed by atoms with van der Waals surface area (Å²) < 4.78 is 41.3. The highest BCUT2D eigenvalue weighted by Gasteiger charge is 2.21. The van der Waals surface area contributed by atoms with Crippen LogP contribution in [-0.2, 0) is 10.0 Å². The molecule has 0 bridgehead atoms. The van der Waals surface area contributed by atoms with Crippen molar-refractivity contribution in [3.63, 3.8) is 0 Å². The van der Waals surface area contributed by atoms with Gasteiger partial charge in [-0.2, -0.15) is 0 Å². The smallest absolute Gasteiger partial charge is 0.264 e. The van der Waals surface area contributed by atoms with E-state index in [9.17, 15) is 17.6 Å². The van der Waals surface area contributed by atoms with Crippen LogP contribution in [0, 0.1) is 5.82 Å². The highest BCUT2D eigenvalue weighted by molar-refractivity contribution is 7.92. The zero-order valence-corrected chi connectivity index (χ0v) is 14.3. The maximum absolute atomic E-state index is 14.1. The SMILES string of the molecule is O=C(Nc1ccccc1)c1ccc(F)c(S(=O)(=O)Nc2ccccc2)c1. The van der Waals surface area contributed by atoms with Gasteiger partial charge in [0.25, 0.3) is 15.9 Å². The van der Waals surface area contributed by atoms with E-state index in [4.69, 9.17) is 0 Å². The van der Waals surface area contributed by atoms with Crippen molar-refractivity contribution in [2.24, 2.45) is 0 Å². The quantitative estimate of drug-likeness (QED) is 0.716. The largest absolute Gasteiger partial charge is 0.322 e. The summed E-state index contributed by atoms with van der Waals surface area (Å²) in [5.41, 5.74) is 0.878. The first-order valence-corrected chi connectivity index (χ1v) is 9.18. The normalized spacial score (nSPS) is 11.0. The Morgan fingerprint density at radius 2 is 1.38 bits per heavy atom. The molecule has 0 spiro atoms. The number of carbonyl (C=O) groups is 1. The highest BCUT2D eigenvalue weighted by Crippen LogP contribution is 2.21. The van der Waals surface area contributed by atoms with Crippen LogP contribution in [0.1, 0.15) is 10.4 Å². The molecule has 26 heavy (non-hydrogen) atoms. The molecule has 0 aromatic heterocycles. The monoisotopic (exact) mass is 370 g/mol. The summed E-state index contributed by atoms with van der Waals surface area (Å²) in [4.78, 5) is 11.7. The van der Waals surface area contributed by atoms with Crippen LogP contribution in [-0.4, -0.2) is 14.3 Å². The lowest BCUT2D eigenvalue weighted by Crippen LogP contribution is -2.17. The van der Waals surface area contributed by atoms with Crippen molar-refractivity contribution in [2.75, 3.05) is 10.0 Å². The Morgan fingerprint density at radius 1 is 0.808 bits per heavy atom. The van der Waals surface area contributed by atoms with Crippen LogP contribution in [0.5, 0.6) is 0 Å². The third-order valence-electron chi connectivity index (χ3n) is 3.54. The van der Waals surface area contributed by atoms with Crippen LogP contribution in [0.25, 0.3) is 0 Å². The summed E-state index contributed by atoms with van der Waals surface area (Å²) in [6.07, 6.45) is 0. The van der Waals surface area contributed by atoms with Gasteiger partial charge < -0.3 is 5.32 Å². The maximum Gasteiger partial charge on any atom is 0.264 e. The first-order chi connectivity index (χ1) is 12.5. The van der Waals surface area contributed by atoms with E-state index in [1.54, 1.807) is 60.7 Å². The second-order valence-electron chi connectivity index (χ2n) is 5.44. The van der Waals surface area contributed by atoms with Crippen molar-refractivity contribution in [1.29, 1.82) is 0 Å². The van der Waals surface area contributed by atoms with Gasteiger partial charge in [0.1, 0.15) is 10.7 Å². The molecule has 3 aromatic carbocycles. The second-order valence-corrected chi connectivity index (χ2v) is 7.09. The fraction of sp³-hybridized carbons (Fsp3) is 0. The molecule has 3 rings (SSSR count). The number of anilines is 2. The van der Waals surface area contributed by atoms with Crippen LogP contribution in [0.15, 0.2) is 83.8 Å². The zero-order chi connectivity index (χ0) is 18.6. The molecule has 0 aliphatic heterocycles. The summed E-state index contributed by atoms with van der Waals surface area (Å²) in [6, 6.07) is 20.0. The maximum atomic E-state index is 14.1. The molecule has 0 saturated carbocycles. The number of carbonyl (C=O) groups excluding carboxylic acids is 1. The minimum atomic E-state index is -4.18. The summed E-state index contributed by atoms with van der Waals surface area (Å²) >= 11 is 0. The van der Waals surface area contributed by atoms with E-state index in [1.807, 2.05) is 0 Å². The first kappa shape index (κ1) is 17.6. The van der Waals surface area contributed by atoms with Gasteiger partial charge in [-0.15, -0.1) is 0 Å². The lowest BCUT2D eigenvalue weighted by molar-refractivity contribution is 0.102. The Kier molecular flexibility index (Phi) is 4.99. The van der Waals surface area contributed by atoms with Gasteiger partial charge in [-0.1, -0.05) is 36.4 Å².